The number of methoxy groups -OCH3 is 1. The molecule has 0 heterocycles. The quantitative estimate of drug-likeness (QED) is 0.663. The molecular weight excluding hydrogens is 244 g/mol. The Bertz CT molecular complexity index is 537. The Morgan fingerprint density at radius 2 is 1.85 bits per heavy atom. The number of aryl methyl sites for hydroxylation is 1. The molecular formula is C19H26O. The predicted molar refractivity (Wildman–Crippen MR) is 87.1 cm³/mol. The van der Waals surface area contributed by atoms with Crippen molar-refractivity contribution in [3.05, 3.63) is 47.1 Å². The molecule has 0 saturated carbocycles. The first-order chi connectivity index (χ1) is 9.70. The Balaban J connectivity index is 0.000000704. The van der Waals surface area contributed by atoms with Crippen molar-refractivity contribution in [3.63, 3.8) is 0 Å². The SMILES string of the molecule is C=C1C2=C(CCC1C)c1ccc(OC)cc1CC2.CC. The van der Waals surface area contributed by atoms with Crippen molar-refractivity contribution in [1.82, 2.24) is 0 Å². The van der Waals surface area contributed by atoms with Crippen molar-refractivity contribution in [1.29, 1.82) is 0 Å². The molecule has 1 unspecified atom stereocenters. The summed E-state index contributed by atoms with van der Waals surface area (Å²) in [7, 11) is 1.74. The van der Waals surface area contributed by atoms with E-state index in [1.54, 1.807) is 12.7 Å². The van der Waals surface area contributed by atoms with Gasteiger partial charge in [-0.1, -0.05) is 33.4 Å². The summed E-state index contributed by atoms with van der Waals surface area (Å²) >= 11 is 0. The van der Waals surface area contributed by atoms with Crippen LogP contribution in [0, 0.1) is 5.92 Å². The van der Waals surface area contributed by atoms with E-state index < -0.39 is 0 Å². The fourth-order valence-electron chi connectivity index (χ4n) is 3.24. The van der Waals surface area contributed by atoms with Crippen LogP contribution in [0.3, 0.4) is 0 Å². The summed E-state index contributed by atoms with van der Waals surface area (Å²) in [6.45, 7) is 10.6. The van der Waals surface area contributed by atoms with Gasteiger partial charge < -0.3 is 4.74 Å². The maximum absolute atomic E-state index is 5.32. The largest absolute Gasteiger partial charge is 0.497 e. The molecule has 108 valence electrons. The Labute approximate surface area is 123 Å². The number of hydrogen-bond donors (Lipinski definition) is 0. The molecule has 3 rings (SSSR count). The van der Waals surface area contributed by atoms with Gasteiger partial charge in [0.25, 0.3) is 0 Å². The summed E-state index contributed by atoms with van der Waals surface area (Å²) < 4.78 is 5.32. The van der Waals surface area contributed by atoms with E-state index in [9.17, 15) is 0 Å². The number of fused-ring (bicyclic) bond motifs is 2. The van der Waals surface area contributed by atoms with Crippen LogP contribution in [0.5, 0.6) is 5.75 Å². The number of benzene rings is 1. The Hall–Kier alpha value is -1.50. The second-order valence-electron chi connectivity index (χ2n) is 5.45. The number of hydrogen-bond acceptors (Lipinski definition) is 1. The molecule has 20 heavy (non-hydrogen) atoms. The van der Waals surface area contributed by atoms with Crippen LogP contribution >= 0.6 is 0 Å². The first-order valence-electron chi connectivity index (χ1n) is 7.79. The normalized spacial score (nSPS) is 20.6. The minimum absolute atomic E-state index is 0.656. The van der Waals surface area contributed by atoms with Crippen LogP contribution in [-0.2, 0) is 6.42 Å². The van der Waals surface area contributed by atoms with Crippen molar-refractivity contribution in [2.45, 2.75) is 46.5 Å². The second-order valence-corrected chi connectivity index (χ2v) is 5.45. The van der Waals surface area contributed by atoms with Crippen LogP contribution in [0.15, 0.2) is 35.9 Å². The first kappa shape index (κ1) is 14.9. The van der Waals surface area contributed by atoms with Gasteiger partial charge in [0.1, 0.15) is 5.75 Å². The Kier molecular flexibility index (Phi) is 4.69. The molecule has 0 radical (unpaired) electrons. The highest BCUT2D eigenvalue weighted by Crippen LogP contribution is 2.44. The van der Waals surface area contributed by atoms with E-state index in [2.05, 4.69) is 31.7 Å². The number of ether oxygens (including phenoxy) is 1. The lowest BCUT2D eigenvalue weighted by Gasteiger charge is -2.32. The topological polar surface area (TPSA) is 9.23 Å². The average molecular weight is 270 g/mol. The van der Waals surface area contributed by atoms with E-state index in [0.29, 0.717) is 5.92 Å². The minimum Gasteiger partial charge on any atom is -0.497 e. The molecule has 1 aromatic rings. The zero-order valence-corrected chi connectivity index (χ0v) is 13.3. The summed E-state index contributed by atoms with van der Waals surface area (Å²) in [6, 6.07) is 6.50. The third kappa shape index (κ3) is 2.54. The summed E-state index contributed by atoms with van der Waals surface area (Å²) in [5.74, 6) is 1.63. The van der Waals surface area contributed by atoms with Gasteiger partial charge in [-0.15, -0.1) is 0 Å². The first-order valence-corrected chi connectivity index (χ1v) is 7.79. The molecule has 0 bridgehead atoms. The Morgan fingerprint density at radius 3 is 2.55 bits per heavy atom. The molecule has 0 N–H and O–H groups in total. The maximum Gasteiger partial charge on any atom is 0.119 e. The highest BCUT2D eigenvalue weighted by atomic mass is 16.5. The second kappa shape index (κ2) is 6.30. The lowest BCUT2D eigenvalue weighted by molar-refractivity contribution is 0.414. The van der Waals surface area contributed by atoms with Crippen molar-refractivity contribution in [3.8, 4) is 5.75 Å². The third-order valence-corrected chi connectivity index (χ3v) is 4.46. The van der Waals surface area contributed by atoms with E-state index >= 15 is 0 Å². The van der Waals surface area contributed by atoms with E-state index in [4.69, 9.17) is 4.74 Å². The molecule has 1 atom stereocenters. The monoisotopic (exact) mass is 270 g/mol. The third-order valence-electron chi connectivity index (χ3n) is 4.46. The van der Waals surface area contributed by atoms with Crippen LogP contribution < -0.4 is 4.74 Å². The van der Waals surface area contributed by atoms with Gasteiger partial charge in [0, 0.05) is 0 Å². The molecule has 1 nitrogen and oxygen atoms in total. The van der Waals surface area contributed by atoms with Crippen molar-refractivity contribution in [2.24, 2.45) is 5.92 Å². The molecule has 2 aliphatic carbocycles. The van der Waals surface area contributed by atoms with Crippen LogP contribution in [0.1, 0.15) is 51.2 Å². The summed E-state index contributed by atoms with van der Waals surface area (Å²) in [4.78, 5) is 0. The summed E-state index contributed by atoms with van der Waals surface area (Å²) in [5.41, 5.74) is 7.33. The lowest BCUT2D eigenvalue weighted by Crippen LogP contribution is -2.15. The Morgan fingerprint density at radius 1 is 1.10 bits per heavy atom. The molecule has 0 aliphatic heterocycles. The van der Waals surface area contributed by atoms with Crippen molar-refractivity contribution >= 4 is 5.57 Å². The van der Waals surface area contributed by atoms with E-state index in [1.807, 2.05) is 13.8 Å². The highest BCUT2D eigenvalue weighted by Gasteiger charge is 2.26. The zero-order chi connectivity index (χ0) is 14.7. The van der Waals surface area contributed by atoms with Gasteiger partial charge in [-0.3, -0.25) is 0 Å². The molecule has 0 saturated heterocycles. The standard InChI is InChI=1S/C17H20O.C2H6/c1-11-4-7-17-15(12(11)2)8-5-13-10-14(18-3)6-9-16(13)17;1-2/h6,9-11H,2,4-5,7-8H2,1,3H3;1-2H3. The molecule has 1 aromatic carbocycles. The van der Waals surface area contributed by atoms with Crippen LogP contribution in [-0.4, -0.2) is 7.11 Å². The fraction of sp³-hybridized carbons (Fsp3) is 0.474. The number of allylic oxidation sites excluding steroid dienone is 3. The van der Waals surface area contributed by atoms with Gasteiger partial charge in [-0.05, 0) is 71.6 Å². The summed E-state index contributed by atoms with van der Waals surface area (Å²) in [5, 5.41) is 0. The van der Waals surface area contributed by atoms with Crippen LogP contribution in [0.4, 0.5) is 0 Å². The molecule has 0 aromatic heterocycles. The predicted octanol–water partition coefficient (Wildman–Crippen LogP) is 5.41. The van der Waals surface area contributed by atoms with Crippen LogP contribution in [0.2, 0.25) is 0 Å². The molecule has 2 aliphatic rings. The fourth-order valence-corrected chi connectivity index (χ4v) is 3.24. The van der Waals surface area contributed by atoms with E-state index in [1.165, 1.54) is 35.1 Å². The molecule has 1 heteroatoms. The van der Waals surface area contributed by atoms with E-state index in [0.717, 1.165) is 18.6 Å². The highest BCUT2D eigenvalue weighted by molar-refractivity contribution is 5.78. The van der Waals surface area contributed by atoms with E-state index in [-0.39, 0.29) is 0 Å². The molecule has 0 spiro atoms. The maximum atomic E-state index is 5.32. The van der Waals surface area contributed by atoms with Gasteiger partial charge in [-0.2, -0.15) is 0 Å². The van der Waals surface area contributed by atoms with Gasteiger partial charge in [0.2, 0.25) is 0 Å². The molecule has 0 fully saturated rings. The van der Waals surface area contributed by atoms with Gasteiger partial charge >= 0.3 is 0 Å². The smallest absolute Gasteiger partial charge is 0.119 e. The van der Waals surface area contributed by atoms with Crippen molar-refractivity contribution in [2.75, 3.05) is 7.11 Å². The summed E-state index contributed by atoms with van der Waals surface area (Å²) in [6.07, 6.45) is 4.72. The van der Waals surface area contributed by atoms with Gasteiger partial charge in [0.05, 0.1) is 7.11 Å². The average Bonchev–Trinajstić information content (AvgIpc) is 2.52. The van der Waals surface area contributed by atoms with Gasteiger partial charge in [-0.25, -0.2) is 0 Å². The minimum atomic E-state index is 0.656. The van der Waals surface area contributed by atoms with Crippen LogP contribution in [0.25, 0.3) is 5.57 Å². The number of rotatable bonds is 1. The lowest BCUT2D eigenvalue weighted by atomic mass is 9.73. The van der Waals surface area contributed by atoms with Gasteiger partial charge in [0.15, 0.2) is 0 Å². The molecule has 0 amide bonds. The zero-order valence-electron chi connectivity index (χ0n) is 13.3. The van der Waals surface area contributed by atoms with Crippen molar-refractivity contribution < 1.29 is 4.74 Å².